The summed E-state index contributed by atoms with van der Waals surface area (Å²) < 4.78 is 6.82. The summed E-state index contributed by atoms with van der Waals surface area (Å²) in [5, 5.41) is 3.09. The quantitative estimate of drug-likeness (QED) is 0.782. The molecule has 3 rings (SSSR count). The highest BCUT2D eigenvalue weighted by Crippen LogP contribution is 2.32. The van der Waals surface area contributed by atoms with Crippen LogP contribution in [0.5, 0.6) is 0 Å². The average molecular weight is 260 g/mol. The number of carbonyl (C=O) groups excluding carboxylic acids is 1. The van der Waals surface area contributed by atoms with Gasteiger partial charge in [0.1, 0.15) is 0 Å². The molecule has 3 heteroatoms. The summed E-state index contributed by atoms with van der Waals surface area (Å²) in [6.07, 6.45) is 1.89. The summed E-state index contributed by atoms with van der Waals surface area (Å²) in [5.41, 5.74) is 0.879. The Kier molecular flexibility index (Phi) is 3.18. The van der Waals surface area contributed by atoms with Crippen LogP contribution < -0.4 is 0 Å². The summed E-state index contributed by atoms with van der Waals surface area (Å²) in [6, 6.07) is 8.12. The van der Waals surface area contributed by atoms with E-state index in [4.69, 9.17) is 4.74 Å². The number of fused-ring (bicyclic) bond motifs is 1. The van der Waals surface area contributed by atoms with Gasteiger partial charge < -0.3 is 4.74 Å². The number of hydrogen-bond donors (Lipinski definition) is 0. The van der Waals surface area contributed by atoms with Crippen molar-refractivity contribution in [2.24, 2.45) is 5.92 Å². The number of benzene rings is 1. The second-order valence-electron chi connectivity index (χ2n) is 4.72. The lowest BCUT2D eigenvalue weighted by Gasteiger charge is -2.15. The van der Waals surface area contributed by atoms with Gasteiger partial charge in [-0.25, -0.2) is 0 Å². The van der Waals surface area contributed by atoms with Crippen molar-refractivity contribution in [3.8, 4) is 0 Å². The van der Waals surface area contributed by atoms with Crippen molar-refractivity contribution in [3.05, 3.63) is 35.2 Å². The van der Waals surface area contributed by atoms with Crippen LogP contribution in [0, 0.1) is 5.92 Å². The van der Waals surface area contributed by atoms with Gasteiger partial charge in [-0.15, -0.1) is 11.3 Å². The van der Waals surface area contributed by atoms with Crippen LogP contribution >= 0.6 is 11.3 Å². The number of hydrogen-bond acceptors (Lipinski definition) is 3. The smallest absolute Gasteiger partial charge is 0.170 e. The van der Waals surface area contributed by atoms with Gasteiger partial charge in [-0.1, -0.05) is 25.1 Å². The third kappa shape index (κ3) is 1.88. The molecular formula is C15H16O2S. The van der Waals surface area contributed by atoms with Gasteiger partial charge >= 0.3 is 0 Å². The molecule has 0 N–H and O–H groups in total. The summed E-state index contributed by atoms with van der Waals surface area (Å²) in [4.78, 5) is 12.6. The fraction of sp³-hybridized carbons (Fsp3) is 0.400. The van der Waals surface area contributed by atoms with E-state index < -0.39 is 0 Å². The molecule has 2 atom stereocenters. The highest BCUT2D eigenvalue weighted by atomic mass is 32.1. The van der Waals surface area contributed by atoms with Crippen LogP contribution in [-0.4, -0.2) is 18.5 Å². The van der Waals surface area contributed by atoms with E-state index >= 15 is 0 Å². The third-order valence-corrected chi connectivity index (χ3v) is 4.66. The first-order chi connectivity index (χ1) is 8.81. The lowest BCUT2D eigenvalue weighted by Crippen LogP contribution is -2.23. The largest absolute Gasteiger partial charge is 0.377 e. The molecular weight excluding hydrogens is 244 g/mol. The number of ether oxygens (including phenoxy) is 1. The number of rotatable bonds is 3. The van der Waals surface area contributed by atoms with Gasteiger partial charge in [0, 0.05) is 27.6 Å². The van der Waals surface area contributed by atoms with Crippen molar-refractivity contribution in [1.82, 2.24) is 0 Å². The molecule has 0 bridgehead atoms. The molecule has 2 heterocycles. The summed E-state index contributed by atoms with van der Waals surface area (Å²) in [6.45, 7) is 2.80. The molecule has 1 saturated heterocycles. The number of carbonyl (C=O) groups is 1. The predicted octanol–water partition coefficient (Wildman–Crippen LogP) is 3.90. The Labute approximate surface area is 111 Å². The van der Waals surface area contributed by atoms with Crippen LogP contribution in [0.15, 0.2) is 29.6 Å². The molecule has 1 fully saturated rings. The molecule has 1 aliphatic heterocycles. The minimum atomic E-state index is 0.0491. The maximum Gasteiger partial charge on any atom is 0.170 e. The predicted molar refractivity (Wildman–Crippen MR) is 74.3 cm³/mol. The fourth-order valence-electron chi connectivity index (χ4n) is 2.72. The normalized spacial score (nSPS) is 23.6. The second-order valence-corrected chi connectivity index (χ2v) is 5.63. The van der Waals surface area contributed by atoms with Crippen LogP contribution in [-0.2, 0) is 4.74 Å². The summed E-state index contributed by atoms with van der Waals surface area (Å²) >= 11 is 1.65. The van der Waals surface area contributed by atoms with Crippen molar-refractivity contribution in [2.45, 2.75) is 25.9 Å². The van der Waals surface area contributed by atoms with E-state index in [0.717, 1.165) is 30.4 Å². The number of thiophene rings is 1. The average Bonchev–Trinajstić information content (AvgIpc) is 3.04. The van der Waals surface area contributed by atoms with Crippen molar-refractivity contribution >= 4 is 27.2 Å². The van der Waals surface area contributed by atoms with E-state index in [9.17, 15) is 4.79 Å². The Morgan fingerprint density at radius 1 is 1.44 bits per heavy atom. The van der Waals surface area contributed by atoms with Crippen molar-refractivity contribution < 1.29 is 9.53 Å². The Balaban J connectivity index is 1.97. The molecule has 94 valence electrons. The number of ketones is 1. The van der Waals surface area contributed by atoms with Crippen LogP contribution in [0.1, 0.15) is 30.1 Å². The van der Waals surface area contributed by atoms with E-state index in [0.29, 0.717) is 0 Å². The van der Waals surface area contributed by atoms with E-state index in [2.05, 4.69) is 13.0 Å². The van der Waals surface area contributed by atoms with E-state index in [-0.39, 0.29) is 17.8 Å². The minimum Gasteiger partial charge on any atom is -0.377 e. The molecule has 0 radical (unpaired) electrons. The van der Waals surface area contributed by atoms with E-state index in [1.165, 1.54) is 4.70 Å². The standard InChI is InChI=1S/C15H16O2S/c1-2-13-11(7-8-17-13)15(16)12-9-18-14-6-4-3-5-10(12)14/h3-6,9,11,13H,2,7-8H2,1H3. The highest BCUT2D eigenvalue weighted by molar-refractivity contribution is 7.17. The first kappa shape index (κ1) is 11.9. The zero-order chi connectivity index (χ0) is 12.5. The Morgan fingerprint density at radius 3 is 3.11 bits per heavy atom. The molecule has 1 aromatic carbocycles. The fourth-order valence-corrected chi connectivity index (χ4v) is 3.67. The maximum absolute atomic E-state index is 12.6. The van der Waals surface area contributed by atoms with Crippen LogP contribution in [0.2, 0.25) is 0 Å². The molecule has 1 aromatic heterocycles. The van der Waals surface area contributed by atoms with Gasteiger partial charge in [0.15, 0.2) is 5.78 Å². The van der Waals surface area contributed by atoms with Crippen molar-refractivity contribution in [2.75, 3.05) is 6.61 Å². The van der Waals surface area contributed by atoms with Crippen LogP contribution in [0.25, 0.3) is 10.1 Å². The SMILES string of the molecule is CCC1OCCC1C(=O)c1csc2ccccc12. The molecule has 2 nitrogen and oxygen atoms in total. The molecule has 0 saturated carbocycles. The van der Waals surface area contributed by atoms with Gasteiger partial charge in [0.05, 0.1) is 12.0 Å². The van der Waals surface area contributed by atoms with E-state index in [1.807, 2.05) is 23.6 Å². The monoisotopic (exact) mass is 260 g/mol. The zero-order valence-electron chi connectivity index (χ0n) is 10.4. The second kappa shape index (κ2) is 4.82. The summed E-state index contributed by atoms with van der Waals surface area (Å²) in [5.74, 6) is 0.310. The minimum absolute atomic E-state index is 0.0491. The molecule has 18 heavy (non-hydrogen) atoms. The van der Waals surface area contributed by atoms with Crippen LogP contribution in [0.4, 0.5) is 0 Å². The Hall–Kier alpha value is -1.19. The third-order valence-electron chi connectivity index (χ3n) is 3.70. The maximum atomic E-state index is 12.6. The first-order valence-electron chi connectivity index (χ1n) is 6.43. The zero-order valence-corrected chi connectivity index (χ0v) is 11.2. The van der Waals surface area contributed by atoms with Crippen molar-refractivity contribution in [3.63, 3.8) is 0 Å². The molecule has 2 aromatic rings. The van der Waals surface area contributed by atoms with Crippen molar-refractivity contribution in [1.29, 1.82) is 0 Å². The molecule has 0 aliphatic carbocycles. The van der Waals surface area contributed by atoms with Gasteiger partial charge in [-0.3, -0.25) is 4.79 Å². The highest BCUT2D eigenvalue weighted by Gasteiger charge is 2.34. The van der Waals surface area contributed by atoms with E-state index in [1.54, 1.807) is 11.3 Å². The Bertz CT molecular complexity index is 573. The molecule has 0 spiro atoms. The molecule has 1 aliphatic rings. The molecule has 2 unspecified atom stereocenters. The van der Waals surface area contributed by atoms with Gasteiger partial charge in [-0.2, -0.15) is 0 Å². The topological polar surface area (TPSA) is 26.3 Å². The van der Waals surface area contributed by atoms with Gasteiger partial charge in [-0.05, 0) is 18.9 Å². The van der Waals surface area contributed by atoms with Gasteiger partial charge in [0.25, 0.3) is 0 Å². The van der Waals surface area contributed by atoms with Gasteiger partial charge in [0.2, 0.25) is 0 Å². The number of Topliss-reactive ketones (excluding diaryl/α,β-unsaturated/α-hetero) is 1. The lowest BCUT2D eigenvalue weighted by molar-refractivity contribution is 0.0690. The Morgan fingerprint density at radius 2 is 2.28 bits per heavy atom. The first-order valence-corrected chi connectivity index (χ1v) is 7.31. The lowest BCUT2D eigenvalue weighted by atomic mass is 9.90. The summed E-state index contributed by atoms with van der Waals surface area (Å²) in [7, 11) is 0. The van der Waals surface area contributed by atoms with Crippen LogP contribution in [0.3, 0.4) is 0 Å². The molecule has 0 amide bonds.